The summed E-state index contributed by atoms with van der Waals surface area (Å²) in [6, 6.07) is 26.9. The molecule has 1 amide bonds. The number of aromatic nitrogens is 2. The van der Waals surface area contributed by atoms with Crippen LogP contribution in [0.3, 0.4) is 0 Å². The van der Waals surface area contributed by atoms with Gasteiger partial charge in [-0.05, 0) is 62.3 Å². The molecule has 0 aliphatic heterocycles. The predicted octanol–water partition coefficient (Wildman–Crippen LogP) is 5.98. The van der Waals surface area contributed by atoms with E-state index in [0.29, 0.717) is 5.56 Å². The molecule has 0 saturated carbocycles. The van der Waals surface area contributed by atoms with Crippen LogP contribution in [0.1, 0.15) is 46.8 Å². The molecule has 4 heteroatoms. The third-order valence-corrected chi connectivity index (χ3v) is 6.53. The van der Waals surface area contributed by atoms with E-state index in [1.165, 1.54) is 22.3 Å². The highest BCUT2D eigenvalue weighted by atomic mass is 16.1. The Morgan fingerprint density at radius 3 is 2.55 bits per heavy atom. The van der Waals surface area contributed by atoms with Crippen molar-refractivity contribution in [2.75, 3.05) is 0 Å². The summed E-state index contributed by atoms with van der Waals surface area (Å²) >= 11 is 0. The zero-order valence-corrected chi connectivity index (χ0v) is 19.0. The lowest BCUT2D eigenvalue weighted by molar-refractivity contribution is 0.0938. The first-order chi connectivity index (χ1) is 16.2. The molecule has 4 aromatic rings. The number of aromatic amines is 1. The van der Waals surface area contributed by atoms with E-state index < -0.39 is 0 Å². The predicted molar refractivity (Wildman–Crippen MR) is 133 cm³/mol. The SMILES string of the molecule is C[C@@H](CCc1ccccc1)NC(=O)c1ccc(-c2n[nH]c3c2CCCc2ccccc2-3)cc1. The first-order valence-corrected chi connectivity index (χ1v) is 11.8. The van der Waals surface area contributed by atoms with Crippen LogP contribution in [0.15, 0.2) is 78.9 Å². The lowest BCUT2D eigenvalue weighted by Crippen LogP contribution is -2.32. The summed E-state index contributed by atoms with van der Waals surface area (Å²) in [5.74, 6) is -0.0307. The van der Waals surface area contributed by atoms with Crippen LogP contribution in [-0.2, 0) is 19.3 Å². The summed E-state index contributed by atoms with van der Waals surface area (Å²) in [5, 5.41) is 11.1. The number of amides is 1. The van der Waals surface area contributed by atoms with Gasteiger partial charge in [0.05, 0.1) is 11.4 Å². The van der Waals surface area contributed by atoms with E-state index in [9.17, 15) is 4.79 Å². The minimum Gasteiger partial charge on any atom is -0.350 e. The van der Waals surface area contributed by atoms with Crippen LogP contribution in [0.5, 0.6) is 0 Å². The van der Waals surface area contributed by atoms with Crippen molar-refractivity contribution in [2.24, 2.45) is 0 Å². The molecular weight excluding hydrogens is 406 g/mol. The minimum atomic E-state index is -0.0307. The summed E-state index contributed by atoms with van der Waals surface area (Å²) in [6.45, 7) is 2.06. The Morgan fingerprint density at radius 1 is 0.970 bits per heavy atom. The number of nitrogens with zero attached hydrogens (tertiary/aromatic N) is 1. The second kappa shape index (κ2) is 9.45. The third kappa shape index (κ3) is 4.61. The number of hydrogen-bond donors (Lipinski definition) is 2. The molecule has 3 aromatic carbocycles. The van der Waals surface area contributed by atoms with Gasteiger partial charge in [-0.1, -0.05) is 66.7 Å². The van der Waals surface area contributed by atoms with Crippen molar-refractivity contribution < 1.29 is 4.79 Å². The molecule has 0 saturated heterocycles. The van der Waals surface area contributed by atoms with Crippen molar-refractivity contribution in [3.63, 3.8) is 0 Å². The van der Waals surface area contributed by atoms with Crippen molar-refractivity contribution in [3.8, 4) is 22.5 Å². The van der Waals surface area contributed by atoms with Gasteiger partial charge in [0.25, 0.3) is 5.91 Å². The lowest BCUT2D eigenvalue weighted by atomic mass is 9.99. The fourth-order valence-corrected chi connectivity index (χ4v) is 4.69. The molecule has 4 nitrogen and oxygen atoms in total. The van der Waals surface area contributed by atoms with E-state index in [0.717, 1.165) is 49.1 Å². The van der Waals surface area contributed by atoms with Crippen molar-refractivity contribution in [1.82, 2.24) is 15.5 Å². The number of hydrogen-bond acceptors (Lipinski definition) is 2. The molecule has 1 aromatic heterocycles. The van der Waals surface area contributed by atoms with Crippen LogP contribution in [0.2, 0.25) is 0 Å². The number of H-pyrrole nitrogens is 1. The first-order valence-electron chi connectivity index (χ1n) is 11.8. The Kier molecular flexibility index (Phi) is 6.07. The standard InChI is InChI=1S/C29H29N3O/c1-20(14-15-21-8-3-2-4-9-21)30-29(33)24-18-16-23(17-19-24)27-26-13-7-11-22-10-5-6-12-25(22)28(26)32-31-27/h2-6,8-10,12,16-20H,7,11,13-15H2,1H3,(H,30,33)(H,31,32)/t20-/m0/s1. The van der Waals surface area contributed by atoms with Gasteiger partial charge < -0.3 is 5.32 Å². The number of carbonyl (C=O) groups excluding carboxylic acids is 1. The maximum absolute atomic E-state index is 12.7. The van der Waals surface area contributed by atoms with Crippen molar-refractivity contribution in [2.45, 2.75) is 45.1 Å². The first kappa shape index (κ1) is 21.2. The number of fused-ring (bicyclic) bond motifs is 3. The highest BCUT2D eigenvalue weighted by Gasteiger charge is 2.21. The highest BCUT2D eigenvalue weighted by Crippen LogP contribution is 2.36. The summed E-state index contributed by atoms with van der Waals surface area (Å²) < 4.78 is 0. The minimum absolute atomic E-state index is 0.0307. The monoisotopic (exact) mass is 435 g/mol. The third-order valence-electron chi connectivity index (χ3n) is 6.53. The lowest BCUT2D eigenvalue weighted by Gasteiger charge is -2.14. The average molecular weight is 436 g/mol. The Labute approximate surface area is 195 Å². The summed E-state index contributed by atoms with van der Waals surface area (Å²) in [4.78, 5) is 12.7. The molecule has 5 rings (SSSR count). The van der Waals surface area contributed by atoms with Crippen LogP contribution < -0.4 is 5.32 Å². The maximum Gasteiger partial charge on any atom is 0.251 e. The smallest absolute Gasteiger partial charge is 0.251 e. The Hall–Kier alpha value is -3.66. The maximum atomic E-state index is 12.7. The van der Waals surface area contributed by atoms with Gasteiger partial charge in [-0.15, -0.1) is 0 Å². The number of benzene rings is 3. The fraction of sp³-hybridized carbons (Fsp3) is 0.241. The van der Waals surface area contributed by atoms with Crippen molar-refractivity contribution >= 4 is 5.91 Å². The summed E-state index contributed by atoms with van der Waals surface area (Å²) in [5.41, 5.74) is 9.04. The van der Waals surface area contributed by atoms with Gasteiger partial charge in [-0.2, -0.15) is 5.10 Å². The van der Waals surface area contributed by atoms with E-state index in [-0.39, 0.29) is 11.9 Å². The van der Waals surface area contributed by atoms with Crippen LogP contribution in [0.25, 0.3) is 22.5 Å². The van der Waals surface area contributed by atoms with Gasteiger partial charge >= 0.3 is 0 Å². The van der Waals surface area contributed by atoms with Gasteiger partial charge in [-0.3, -0.25) is 9.89 Å². The van der Waals surface area contributed by atoms with Gasteiger partial charge in [0.1, 0.15) is 0 Å². The van der Waals surface area contributed by atoms with E-state index in [1.54, 1.807) is 0 Å². The molecule has 0 spiro atoms. The number of aryl methyl sites for hydroxylation is 2. The Bertz CT molecular complexity index is 1240. The van der Waals surface area contributed by atoms with Gasteiger partial charge in [0, 0.05) is 28.3 Å². The molecule has 1 heterocycles. The molecule has 2 N–H and O–H groups in total. The molecule has 0 fully saturated rings. The Morgan fingerprint density at radius 2 is 1.73 bits per heavy atom. The second-order valence-electron chi connectivity index (χ2n) is 8.91. The van der Waals surface area contributed by atoms with Crippen LogP contribution in [0.4, 0.5) is 0 Å². The molecular formula is C29H29N3O. The molecule has 0 radical (unpaired) electrons. The normalized spacial score (nSPS) is 13.5. The van der Waals surface area contributed by atoms with Crippen LogP contribution >= 0.6 is 0 Å². The van der Waals surface area contributed by atoms with Gasteiger partial charge in [0.15, 0.2) is 0 Å². The molecule has 0 bridgehead atoms. The van der Waals surface area contributed by atoms with Gasteiger partial charge in [0.2, 0.25) is 0 Å². The van der Waals surface area contributed by atoms with E-state index in [4.69, 9.17) is 0 Å². The number of rotatable bonds is 6. The summed E-state index contributed by atoms with van der Waals surface area (Å²) in [6.07, 6.45) is 5.05. The topological polar surface area (TPSA) is 57.8 Å². The molecule has 33 heavy (non-hydrogen) atoms. The van der Waals surface area contributed by atoms with Gasteiger partial charge in [-0.25, -0.2) is 0 Å². The molecule has 1 atom stereocenters. The molecule has 1 aliphatic carbocycles. The van der Waals surface area contributed by atoms with E-state index >= 15 is 0 Å². The van der Waals surface area contributed by atoms with Crippen molar-refractivity contribution in [3.05, 3.63) is 101 Å². The average Bonchev–Trinajstić information content (AvgIpc) is 3.18. The molecule has 0 unspecified atom stereocenters. The summed E-state index contributed by atoms with van der Waals surface area (Å²) in [7, 11) is 0. The van der Waals surface area contributed by atoms with Crippen LogP contribution in [-0.4, -0.2) is 22.1 Å². The second-order valence-corrected chi connectivity index (χ2v) is 8.91. The Balaban J connectivity index is 1.28. The number of carbonyl (C=O) groups is 1. The van der Waals surface area contributed by atoms with E-state index in [1.807, 2.05) is 30.3 Å². The fourth-order valence-electron chi connectivity index (χ4n) is 4.69. The quantitative estimate of drug-likeness (QED) is 0.391. The zero-order valence-electron chi connectivity index (χ0n) is 19.0. The molecule has 166 valence electrons. The number of nitrogens with one attached hydrogen (secondary N) is 2. The highest BCUT2D eigenvalue weighted by molar-refractivity contribution is 5.95. The van der Waals surface area contributed by atoms with Crippen molar-refractivity contribution in [1.29, 1.82) is 0 Å². The zero-order chi connectivity index (χ0) is 22.6. The van der Waals surface area contributed by atoms with Crippen LogP contribution in [0, 0.1) is 0 Å². The molecule has 1 aliphatic rings. The van der Waals surface area contributed by atoms with E-state index in [2.05, 4.69) is 71.0 Å². The largest absolute Gasteiger partial charge is 0.350 e.